The third-order valence-corrected chi connectivity index (χ3v) is 12.1. The van der Waals surface area contributed by atoms with Crippen LogP contribution in [0.2, 0.25) is 0 Å². The number of fused-ring (bicyclic) bond motifs is 5. The zero-order valence-electron chi connectivity index (χ0n) is 23.0. The average Bonchev–Trinajstić information content (AvgIpc) is 3.20. The molecule has 4 aliphatic carbocycles. The van der Waals surface area contributed by atoms with Crippen molar-refractivity contribution in [3.63, 3.8) is 0 Å². The van der Waals surface area contributed by atoms with Crippen LogP contribution in [0, 0.1) is 28.6 Å². The van der Waals surface area contributed by atoms with Gasteiger partial charge in [0.15, 0.2) is 0 Å². The van der Waals surface area contributed by atoms with Gasteiger partial charge in [0.05, 0.1) is 24.5 Å². The Hall–Kier alpha value is -1.90. The molecule has 210 valence electrons. The number of aliphatic hydroxyl groups excluding tert-OH is 1. The summed E-state index contributed by atoms with van der Waals surface area (Å²) in [4.78, 5) is 26.4. The number of rotatable bonds is 3. The van der Waals surface area contributed by atoms with Crippen LogP contribution in [-0.2, 0) is 0 Å². The van der Waals surface area contributed by atoms with Crippen molar-refractivity contribution < 1.29 is 19.4 Å². The van der Waals surface area contributed by atoms with E-state index in [1.165, 1.54) is 6.07 Å². The summed E-state index contributed by atoms with van der Waals surface area (Å²) in [6.45, 7) is 6.76. The summed E-state index contributed by atoms with van der Waals surface area (Å²) in [7, 11) is 0. The zero-order chi connectivity index (χ0) is 26.7. The minimum Gasteiger partial charge on any atom is -0.431 e. The number of carbonyl (C=O) groups excluding carboxylic acids is 1. The molecule has 1 aromatic heterocycles. The minimum atomic E-state index is -0.697. The maximum absolute atomic E-state index is 13.1. The standard InChI is InChI=1S/C30H45N3O5/c1-28-10-7-21(32-27(36)33-14-13-31-16-22(33)17-34)15-20(28)4-5-25-24(28)8-11-29(2)23(9-12-30(25,29)37)19-3-6-26(35)38-18-19/h3,6,18,20-25,31,34,37H,4-5,7-17H2,1-2H3,(H,32,36)/t20-,21+,22+,23-,24+,25-,28+,29-,30+/m1/s1. The van der Waals surface area contributed by atoms with Crippen LogP contribution in [0.4, 0.5) is 4.79 Å². The van der Waals surface area contributed by atoms with Gasteiger partial charge in [-0.3, -0.25) is 0 Å². The number of hydrogen-bond acceptors (Lipinski definition) is 6. The number of hydrogen-bond donors (Lipinski definition) is 4. The van der Waals surface area contributed by atoms with E-state index in [1.807, 2.05) is 6.07 Å². The summed E-state index contributed by atoms with van der Waals surface area (Å²) < 4.78 is 5.22. The molecular formula is C30H45N3O5. The molecule has 1 aromatic rings. The van der Waals surface area contributed by atoms with Crippen LogP contribution in [0.15, 0.2) is 27.6 Å². The first kappa shape index (κ1) is 26.3. The molecular weight excluding hydrogens is 482 g/mol. The van der Waals surface area contributed by atoms with Gasteiger partial charge in [0.2, 0.25) is 0 Å². The van der Waals surface area contributed by atoms with Crippen molar-refractivity contribution in [1.29, 1.82) is 0 Å². The van der Waals surface area contributed by atoms with Gasteiger partial charge in [0.1, 0.15) is 0 Å². The van der Waals surface area contributed by atoms with Crippen LogP contribution in [0.5, 0.6) is 0 Å². The Balaban J connectivity index is 1.16. The minimum absolute atomic E-state index is 0.0176. The van der Waals surface area contributed by atoms with E-state index in [9.17, 15) is 19.8 Å². The van der Waals surface area contributed by atoms with Crippen molar-refractivity contribution in [2.24, 2.45) is 28.6 Å². The number of aliphatic hydroxyl groups is 2. The first-order chi connectivity index (χ1) is 18.2. The van der Waals surface area contributed by atoms with Gasteiger partial charge < -0.3 is 30.2 Å². The van der Waals surface area contributed by atoms with Crippen LogP contribution < -0.4 is 16.3 Å². The molecule has 4 N–H and O–H groups in total. The molecule has 8 heteroatoms. The largest absolute Gasteiger partial charge is 0.431 e. The Morgan fingerprint density at radius 2 is 1.97 bits per heavy atom. The second kappa shape index (κ2) is 9.63. The molecule has 5 fully saturated rings. The number of piperazine rings is 1. The van der Waals surface area contributed by atoms with Gasteiger partial charge in [0.25, 0.3) is 0 Å². The molecule has 6 rings (SSSR count). The first-order valence-corrected chi connectivity index (χ1v) is 14.9. The van der Waals surface area contributed by atoms with Crippen molar-refractivity contribution in [3.05, 3.63) is 34.4 Å². The first-order valence-electron chi connectivity index (χ1n) is 14.9. The fourth-order valence-electron chi connectivity index (χ4n) is 9.91. The third-order valence-electron chi connectivity index (χ3n) is 12.1. The highest BCUT2D eigenvalue weighted by Crippen LogP contribution is 2.70. The molecule has 0 aromatic carbocycles. The van der Waals surface area contributed by atoms with Crippen molar-refractivity contribution in [1.82, 2.24) is 15.5 Å². The highest BCUT2D eigenvalue weighted by Gasteiger charge is 2.67. The van der Waals surface area contributed by atoms with Gasteiger partial charge in [-0.2, -0.15) is 0 Å². The molecule has 2 amide bonds. The van der Waals surface area contributed by atoms with Crippen LogP contribution >= 0.6 is 0 Å². The number of nitrogens with one attached hydrogen (secondary N) is 2. The quantitative estimate of drug-likeness (QED) is 0.480. The lowest BCUT2D eigenvalue weighted by Gasteiger charge is -2.63. The molecule has 4 saturated carbocycles. The van der Waals surface area contributed by atoms with Gasteiger partial charge in [-0.05, 0) is 98.5 Å². The second-order valence-corrected chi connectivity index (χ2v) is 13.5. The van der Waals surface area contributed by atoms with Gasteiger partial charge in [0, 0.05) is 37.2 Å². The highest BCUT2D eigenvalue weighted by molar-refractivity contribution is 5.75. The number of amides is 2. The summed E-state index contributed by atoms with van der Waals surface area (Å²) in [5, 5.41) is 28.7. The van der Waals surface area contributed by atoms with Crippen LogP contribution in [-0.4, -0.2) is 65.1 Å². The predicted octanol–water partition coefficient (Wildman–Crippen LogP) is 3.23. The molecule has 8 nitrogen and oxygen atoms in total. The van der Waals surface area contributed by atoms with Crippen LogP contribution in [0.25, 0.3) is 0 Å². The normalized spacial score (nSPS) is 44.6. The van der Waals surface area contributed by atoms with Crippen molar-refractivity contribution in [2.75, 3.05) is 26.2 Å². The third kappa shape index (κ3) is 3.96. The topological polar surface area (TPSA) is 115 Å². The van der Waals surface area contributed by atoms with E-state index in [1.54, 1.807) is 11.2 Å². The van der Waals surface area contributed by atoms with E-state index in [2.05, 4.69) is 24.5 Å². The molecule has 38 heavy (non-hydrogen) atoms. The Morgan fingerprint density at radius 3 is 2.74 bits per heavy atom. The van der Waals surface area contributed by atoms with E-state index < -0.39 is 5.60 Å². The molecule has 2 heterocycles. The lowest BCUT2D eigenvalue weighted by molar-refractivity contribution is -0.201. The van der Waals surface area contributed by atoms with Crippen LogP contribution in [0.1, 0.15) is 83.1 Å². The lowest BCUT2D eigenvalue weighted by atomic mass is 9.43. The SMILES string of the molecule is C[C@]12CC[C@H](NC(=O)N3CCNC[C@H]3CO)C[C@H]1CC[C@@H]1[C@@H]2CC[C@]2(C)[C@@H](c3ccc(=O)oc3)CC[C@]12O. The maximum atomic E-state index is 13.1. The molecule has 1 aliphatic heterocycles. The van der Waals surface area contributed by atoms with E-state index in [-0.39, 0.29) is 47.1 Å². The molecule has 0 spiro atoms. The second-order valence-electron chi connectivity index (χ2n) is 13.5. The molecule has 0 unspecified atom stereocenters. The average molecular weight is 528 g/mol. The van der Waals surface area contributed by atoms with E-state index >= 15 is 0 Å². The molecule has 0 bridgehead atoms. The van der Waals surface area contributed by atoms with Crippen molar-refractivity contribution >= 4 is 6.03 Å². The Labute approximate surface area is 225 Å². The van der Waals surface area contributed by atoms with E-state index in [4.69, 9.17) is 4.42 Å². The summed E-state index contributed by atoms with van der Waals surface area (Å²) in [6, 6.07) is 3.39. The van der Waals surface area contributed by atoms with Crippen LogP contribution in [0.3, 0.4) is 0 Å². The van der Waals surface area contributed by atoms with Crippen molar-refractivity contribution in [3.8, 4) is 0 Å². The number of nitrogens with zero attached hydrogens (tertiary/aromatic N) is 1. The van der Waals surface area contributed by atoms with E-state index in [0.717, 1.165) is 69.9 Å². The fraction of sp³-hybridized carbons (Fsp3) is 0.800. The zero-order valence-corrected chi connectivity index (χ0v) is 23.0. The molecule has 5 aliphatic rings. The fourth-order valence-corrected chi connectivity index (χ4v) is 9.91. The molecule has 9 atom stereocenters. The highest BCUT2D eigenvalue weighted by atomic mass is 16.4. The lowest BCUT2D eigenvalue weighted by Crippen LogP contribution is -2.63. The maximum Gasteiger partial charge on any atom is 0.335 e. The number of carbonyl (C=O) groups is 1. The predicted molar refractivity (Wildman–Crippen MR) is 144 cm³/mol. The Bertz CT molecular complexity index is 1090. The Morgan fingerprint density at radius 1 is 1.13 bits per heavy atom. The van der Waals surface area contributed by atoms with Crippen molar-refractivity contribution in [2.45, 2.75) is 95.2 Å². The van der Waals surface area contributed by atoms with Gasteiger partial charge >= 0.3 is 11.7 Å². The summed E-state index contributed by atoms with van der Waals surface area (Å²) in [5.74, 6) is 1.55. The molecule has 1 saturated heterocycles. The van der Waals surface area contributed by atoms with Gasteiger partial charge in [-0.25, -0.2) is 9.59 Å². The monoisotopic (exact) mass is 527 g/mol. The summed E-state index contributed by atoms with van der Waals surface area (Å²) in [6.07, 6.45) is 10.7. The summed E-state index contributed by atoms with van der Waals surface area (Å²) in [5.41, 5.74) is -0.00550. The number of urea groups is 1. The molecule has 0 radical (unpaired) electrons. The summed E-state index contributed by atoms with van der Waals surface area (Å²) >= 11 is 0. The Kier molecular flexibility index (Phi) is 6.67. The van der Waals surface area contributed by atoms with Gasteiger partial charge in [-0.15, -0.1) is 0 Å². The smallest absolute Gasteiger partial charge is 0.335 e. The van der Waals surface area contributed by atoms with E-state index in [0.29, 0.717) is 30.8 Å². The van der Waals surface area contributed by atoms with Gasteiger partial charge in [-0.1, -0.05) is 13.8 Å².